The molecule has 2 rings (SSSR count). The standard InChI is InChI=1S/C19H27Cl2NO3S/c1-18(2,3)25-17(23)22-10-5-8-19(13-22,9-11-26(4)24)14-6-7-15(20)16(21)12-14/h6-7,12H,5,8-11,13H2,1-4H3. The Balaban J connectivity index is 2.32. The summed E-state index contributed by atoms with van der Waals surface area (Å²) in [6.07, 6.45) is 3.88. The lowest BCUT2D eigenvalue weighted by Gasteiger charge is -2.43. The van der Waals surface area contributed by atoms with Crippen molar-refractivity contribution in [2.75, 3.05) is 25.1 Å². The van der Waals surface area contributed by atoms with Gasteiger partial charge in [-0.2, -0.15) is 0 Å². The van der Waals surface area contributed by atoms with Gasteiger partial charge in [0.05, 0.1) is 10.0 Å². The second-order valence-corrected chi connectivity index (χ2v) is 10.3. The average Bonchev–Trinajstić information content (AvgIpc) is 2.54. The number of hydrogen-bond donors (Lipinski definition) is 0. The molecule has 1 saturated heterocycles. The number of rotatable bonds is 4. The van der Waals surface area contributed by atoms with E-state index in [9.17, 15) is 9.00 Å². The Morgan fingerprint density at radius 1 is 1.31 bits per heavy atom. The first-order chi connectivity index (χ1) is 12.0. The molecule has 1 aliphatic rings. The quantitative estimate of drug-likeness (QED) is 0.686. The maximum atomic E-state index is 12.6. The Kier molecular flexibility index (Phi) is 7.03. The number of likely N-dealkylation sites (tertiary alicyclic amines) is 1. The summed E-state index contributed by atoms with van der Waals surface area (Å²) in [4.78, 5) is 14.3. The fourth-order valence-electron chi connectivity index (χ4n) is 3.36. The van der Waals surface area contributed by atoms with E-state index in [2.05, 4.69) is 0 Å². The smallest absolute Gasteiger partial charge is 0.410 e. The van der Waals surface area contributed by atoms with Crippen LogP contribution >= 0.6 is 23.2 Å². The summed E-state index contributed by atoms with van der Waals surface area (Å²) >= 11 is 12.3. The molecule has 7 heteroatoms. The van der Waals surface area contributed by atoms with E-state index in [1.165, 1.54) is 0 Å². The van der Waals surface area contributed by atoms with Gasteiger partial charge >= 0.3 is 6.09 Å². The number of hydrogen-bond acceptors (Lipinski definition) is 3. The number of amides is 1. The highest BCUT2D eigenvalue weighted by molar-refractivity contribution is 7.84. The number of piperidine rings is 1. The lowest BCUT2D eigenvalue weighted by Crippen LogP contribution is -2.50. The molecular weight excluding hydrogens is 393 g/mol. The number of carbonyl (C=O) groups excluding carboxylic acids is 1. The van der Waals surface area contributed by atoms with Crippen molar-refractivity contribution in [1.29, 1.82) is 0 Å². The fraction of sp³-hybridized carbons (Fsp3) is 0.632. The third kappa shape index (κ3) is 5.61. The van der Waals surface area contributed by atoms with Crippen molar-refractivity contribution in [3.05, 3.63) is 33.8 Å². The Labute approximate surface area is 168 Å². The number of halogens is 2. The summed E-state index contributed by atoms with van der Waals surface area (Å²) in [7, 11) is -0.908. The Morgan fingerprint density at radius 2 is 2.00 bits per heavy atom. The zero-order valence-electron chi connectivity index (χ0n) is 15.8. The van der Waals surface area contributed by atoms with E-state index in [-0.39, 0.29) is 11.5 Å². The highest BCUT2D eigenvalue weighted by atomic mass is 35.5. The minimum absolute atomic E-state index is 0.297. The number of carbonyl (C=O) groups is 1. The van der Waals surface area contributed by atoms with Gasteiger partial charge in [0.1, 0.15) is 5.60 Å². The molecule has 2 atom stereocenters. The molecular formula is C19H27Cl2NO3S. The first-order valence-corrected chi connectivity index (χ1v) is 11.2. The van der Waals surface area contributed by atoms with E-state index >= 15 is 0 Å². The van der Waals surface area contributed by atoms with Crippen LogP contribution in [0.1, 0.15) is 45.6 Å². The molecule has 0 saturated carbocycles. The minimum Gasteiger partial charge on any atom is -0.444 e. The van der Waals surface area contributed by atoms with Gasteiger partial charge in [0.2, 0.25) is 0 Å². The number of ether oxygens (including phenoxy) is 1. The van der Waals surface area contributed by atoms with Gasteiger partial charge in [-0.1, -0.05) is 29.3 Å². The molecule has 26 heavy (non-hydrogen) atoms. The van der Waals surface area contributed by atoms with Crippen molar-refractivity contribution >= 4 is 40.1 Å². The second kappa shape index (κ2) is 8.49. The fourth-order valence-corrected chi connectivity index (χ4v) is 4.34. The van der Waals surface area contributed by atoms with Crippen LogP contribution in [-0.4, -0.2) is 45.9 Å². The summed E-state index contributed by atoms with van der Waals surface area (Å²) in [5, 5.41) is 1.000. The van der Waals surface area contributed by atoms with Crippen LogP contribution in [-0.2, 0) is 21.0 Å². The Morgan fingerprint density at radius 3 is 2.58 bits per heavy atom. The van der Waals surface area contributed by atoms with Gasteiger partial charge in [-0.05, 0) is 57.7 Å². The van der Waals surface area contributed by atoms with E-state index in [1.54, 1.807) is 17.2 Å². The zero-order valence-corrected chi connectivity index (χ0v) is 18.1. The lowest BCUT2D eigenvalue weighted by molar-refractivity contribution is 0.0131. The van der Waals surface area contributed by atoms with Crippen LogP contribution < -0.4 is 0 Å². The lowest BCUT2D eigenvalue weighted by atomic mass is 9.72. The second-order valence-electron chi connectivity index (χ2n) is 7.94. The van der Waals surface area contributed by atoms with Crippen molar-refractivity contribution in [2.45, 2.75) is 51.0 Å². The van der Waals surface area contributed by atoms with Crippen LogP contribution in [0.25, 0.3) is 0 Å². The molecule has 1 heterocycles. The van der Waals surface area contributed by atoms with Crippen LogP contribution in [0.2, 0.25) is 10.0 Å². The molecule has 146 valence electrons. The molecule has 1 aliphatic heterocycles. The van der Waals surface area contributed by atoms with E-state index in [0.29, 0.717) is 35.3 Å². The predicted molar refractivity (Wildman–Crippen MR) is 109 cm³/mol. The molecule has 0 radical (unpaired) electrons. The van der Waals surface area contributed by atoms with Crippen molar-refractivity contribution in [2.24, 2.45) is 0 Å². The highest BCUT2D eigenvalue weighted by Crippen LogP contribution is 2.40. The Hall–Kier alpha value is -0.780. The van der Waals surface area contributed by atoms with Crippen LogP contribution in [0.4, 0.5) is 4.79 Å². The first-order valence-electron chi connectivity index (χ1n) is 8.76. The SMILES string of the molecule is CS(=O)CCC1(c2ccc(Cl)c(Cl)c2)CCCN(C(=O)OC(C)(C)C)C1. The summed E-state index contributed by atoms with van der Waals surface area (Å²) in [5.74, 6) is 0.572. The molecule has 0 N–H and O–H groups in total. The summed E-state index contributed by atoms with van der Waals surface area (Å²) < 4.78 is 17.3. The number of nitrogens with zero attached hydrogens (tertiary/aromatic N) is 1. The molecule has 0 spiro atoms. The molecule has 2 unspecified atom stereocenters. The molecule has 1 aromatic carbocycles. The molecule has 1 amide bonds. The Bertz CT molecular complexity index is 690. The molecule has 4 nitrogen and oxygen atoms in total. The van der Waals surface area contributed by atoms with Gasteiger partial charge in [-0.3, -0.25) is 4.21 Å². The van der Waals surface area contributed by atoms with Gasteiger partial charge in [0.25, 0.3) is 0 Å². The van der Waals surface area contributed by atoms with E-state index < -0.39 is 16.4 Å². The van der Waals surface area contributed by atoms with Gasteiger partial charge in [-0.25, -0.2) is 4.79 Å². The maximum absolute atomic E-state index is 12.6. The van der Waals surface area contributed by atoms with Gasteiger partial charge < -0.3 is 9.64 Å². The van der Waals surface area contributed by atoms with Crippen molar-refractivity contribution in [1.82, 2.24) is 4.90 Å². The number of benzene rings is 1. The topological polar surface area (TPSA) is 46.6 Å². The first kappa shape index (κ1) is 21.5. The monoisotopic (exact) mass is 419 g/mol. The van der Waals surface area contributed by atoms with Gasteiger partial charge in [0, 0.05) is 41.3 Å². The van der Waals surface area contributed by atoms with E-state index in [1.807, 2.05) is 32.9 Å². The largest absolute Gasteiger partial charge is 0.444 e. The predicted octanol–water partition coefficient (Wildman–Crippen LogP) is 5.03. The van der Waals surface area contributed by atoms with Gasteiger partial charge in [-0.15, -0.1) is 0 Å². The van der Waals surface area contributed by atoms with Crippen LogP contribution in [0, 0.1) is 0 Å². The third-order valence-electron chi connectivity index (χ3n) is 4.63. The van der Waals surface area contributed by atoms with Gasteiger partial charge in [0.15, 0.2) is 0 Å². The summed E-state index contributed by atoms with van der Waals surface area (Å²) in [6, 6.07) is 5.63. The molecule has 1 fully saturated rings. The molecule has 0 bridgehead atoms. The van der Waals surface area contributed by atoms with Crippen molar-refractivity contribution in [3.63, 3.8) is 0 Å². The summed E-state index contributed by atoms with van der Waals surface area (Å²) in [5.41, 5.74) is 0.200. The van der Waals surface area contributed by atoms with Crippen LogP contribution in [0.3, 0.4) is 0 Å². The van der Waals surface area contributed by atoms with Crippen LogP contribution in [0.15, 0.2) is 18.2 Å². The highest BCUT2D eigenvalue weighted by Gasteiger charge is 2.40. The van der Waals surface area contributed by atoms with Crippen molar-refractivity contribution in [3.8, 4) is 0 Å². The normalized spacial score (nSPS) is 22.2. The minimum atomic E-state index is -0.908. The van der Waals surface area contributed by atoms with E-state index in [4.69, 9.17) is 27.9 Å². The zero-order chi connectivity index (χ0) is 19.5. The summed E-state index contributed by atoms with van der Waals surface area (Å²) in [6.45, 7) is 6.77. The molecule has 0 aliphatic carbocycles. The average molecular weight is 420 g/mol. The van der Waals surface area contributed by atoms with E-state index in [0.717, 1.165) is 18.4 Å². The third-order valence-corrected chi connectivity index (χ3v) is 6.15. The van der Waals surface area contributed by atoms with Crippen LogP contribution in [0.5, 0.6) is 0 Å². The molecule has 1 aromatic rings. The molecule has 0 aromatic heterocycles. The van der Waals surface area contributed by atoms with Crippen molar-refractivity contribution < 1.29 is 13.7 Å². The maximum Gasteiger partial charge on any atom is 0.410 e.